The molecule has 0 bridgehead atoms. The van der Waals surface area contributed by atoms with Crippen LogP contribution in [-0.4, -0.2) is 15.1 Å². The van der Waals surface area contributed by atoms with Crippen LogP contribution in [-0.2, 0) is 21.6 Å². The zero-order chi connectivity index (χ0) is 17.1. The van der Waals surface area contributed by atoms with Gasteiger partial charge in [0.1, 0.15) is 5.75 Å². The third-order valence-corrected chi connectivity index (χ3v) is 3.71. The van der Waals surface area contributed by atoms with Crippen LogP contribution in [0.4, 0.5) is 13.2 Å². The van der Waals surface area contributed by atoms with E-state index < -0.39 is 25.5 Å². The van der Waals surface area contributed by atoms with Crippen LogP contribution < -0.4 is 4.74 Å². The molecular formula is C13H11F3NO5P. The average molecular weight is 349 g/mol. The molecule has 0 radical (unpaired) electrons. The fourth-order valence-corrected chi connectivity index (χ4v) is 2.41. The predicted octanol–water partition coefficient (Wildman–Crippen LogP) is 4.07. The molecular weight excluding hydrogens is 338 g/mol. The number of ether oxygens (including phenoxy) is 1. The van der Waals surface area contributed by atoms with Gasteiger partial charge in [0.15, 0.2) is 0 Å². The highest BCUT2D eigenvalue weighted by Crippen LogP contribution is 2.44. The summed E-state index contributed by atoms with van der Waals surface area (Å²) in [5, 5.41) is 8.31. The van der Waals surface area contributed by atoms with Crippen molar-refractivity contribution < 1.29 is 37.3 Å². The van der Waals surface area contributed by atoms with Gasteiger partial charge >= 0.3 is 13.8 Å². The lowest BCUT2D eigenvalue weighted by Crippen LogP contribution is -2.05. The zero-order valence-electron chi connectivity index (χ0n) is 11.4. The normalized spacial score (nSPS) is 14.3. The van der Waals surface area contributed by atoms with Crippen molar-refractivity contribution in [3.63, 3.8) is 0 Å². The van der Waals surface area contributed by atoms with Crippen molar-refractivity contribution in [2.45, 2.75) is 12.3 Å². The minimum absolute atomic E-state index is 0.0688. The van der Waals surface area contributed by atoms with Gasteiger partial charge in [-0.1, -0.05) is 12.1 Å². The lowest BCUT2D eigenvalue weighted by molar-refractivity contribution is -0.146. The Labute approximate surface area is 128 Å². The first-order valence-corrected chi connectivity index (χ1v) is 7.91. The largest absolute Gasteiger partial charge is 0.439 e. The summed E-state index contributed by atoms with van der Waals surface area (Å²) in [5.74, 6) is 0.133. The number of pyridine rings is 1. The van der Waals surface area contributed by atoms with Crippen molar-refractivity contribution in [1.29, 1.82) is 0 Å². The van der Waals surface area contributed by atoms with E-state index in [1.54, 1.807) is 0 Å². The van der Waals surface area contributed by atoms with Crippen molar-refractivity contribution in [3.05, 3.63) is 53.7 Å². The van der Waals surface area contributed by atoms with E-state index >= 15 is 0 Å². The highest BCUT2D eigenvalue weighted by atomic mass is 31.2. The van der Waals surface area contributed by atoms with Crippen LogP contribution in [0, 0.1) is 0 Å². The Morgan fingerprint density at radius 1 is 1.22 bits per heavy atom. The van der Waals surface area contributed by atoms with Crippen LogP contribution >= 0.6 is 7.60 Å². The molecule has 23 heavy (non-hydrogen) atoms. The number of hydrogen-bond donors (Lipinski definition) is 2. The Hall–Kier alpha value is -1.93. The average Bonchev–Trinajstić information content (AvgIpc) is 2.47. The van der Waals surface area contributed by atoms with E-state index in [1.807, 2.05) is 0 Å². The molecule has 6 nitrogen and oxygen atoms in total. The Morgan fingerprint density at radius 3 is 2.52 bits per heavy atom. The van der Waals surface area contributed by atoms with Crippen LogP contribution in [0.3, 0.4) is 0 Å². The number of alkyl halides is 3. The Morgan fingerprint density at radius 2 is 1.96 bits per heavy atom. The lowest BCUT2D eigenvalue weighted by atomic mass is 10.2. The minimum Gasteiger partial charge on any atom is -0.439 e. The van der Waals surface area contributed by atoms with Crippen LogP contribution in [0.2, 0.25) is 0 Å². The maximum Gasteiger partial charge on any atom is 0.417 e. The summed E-state index contributed by atoms with van der Waals surface area (Å²) >= 11 is 0. The Kier molecular flexibility index (Phi) is 5.06. The standard InChI is InChI=1S/C13H11F3NO5P/c14-13(15,16)10-4-5-12(17-7-10)21-11-3-1-2-9(6-11)8-23(19,20)22-18/h1-7,18H,8H2,(H,19,20). The number of hydrogen-bond acceptors (Lipinski definition) is 5. The van der Waals surface area contributed by atoms with E-state index in [2.05, 4.69) is 9.66 Å². The van der Waals surface area contributed by atoms with Gasteiger partial charge in [-0.2, -0.15) is 17.8 Å². The molecule has 0 spiro atoms. The molecule has 1 aromatic heterocycles. The van der Waals surface area contributed by atoms with Crippen molar-refractivity contribution in [2.24, 2.45) is 0 Å². The first kappa shape index (κ1) is 17.4. The fourth-order valence-electron chi connectivity index (χ4n) is 1.70. The number of halogens is 3. The van der Waals surface area contributed by atoms with Crippen LogP contribution in [0.1, 0.15) is 11.1 Å². The second kappa shape index (κ2) is 6.67. The number of benzene rings is 1. The summed E-state index contributed by atoms with van der Waals surface area (Å²) in [5.41, 5.74) is -0.575. The number of aromatic nitrogens is 1. The molecule has 0 aliphatic heterocycles. The highest BCUT2D eigenvalue weighted by molar-refractivity contribution is 7.51. The molecule has 0 saturated carbocycles. The van der Waals surface area contributed by atoms with Crippen molar-refractivity contribution in [1.82, 2.24) is 4.98 Å². The highest BCUT2D eigenvalue weighted by Gasteiger charge is 2.30. The second-order valence-electron chi connectivity index (χ2n) is 4.51. The molecule has 1 aromatic carbocycles. The molecule has 0 aliphatic carbocycles. The Bertz CT molecular complexity index is 720. The molecule has 10 heteroatoms. The quantitative estimate of drug-likeness (QED) is 0.481. The van der Waals surface area contributed by atoms with Crippen molar-refractivity contribution in [3.8, 4) is 11.6 Å². The summed E-state index contributed by atoms with van der Waals surface area (Å²) in [6.45, 7) is 0. The number of rotatable bonds is 5. The molecule has 2 rings (SSSR count). The molecule has 0 amide bonds. The summed E-state index contributed by atoms with van der Waals surface area (Å²) < 4.78 is 57.3. The Balaban J connectivity index is 2.13. The first-order chi connectivity index (χ1) is 10.7. The predicted molar refractivity (Wildman–Crippen MR) is 73.0 cm³/mol. The van der Waals surface area contributed by atoms with Gasteiger partial charge < -0.3 is 9.63 Å². The van der Waals surface area contributed by atoms with Gasteiger partial charge in [-0.25, -0.2) is 10.2 Å². The van der Waals surface area contributed by atoms with E-state index in [9.17, 15) is 22.6 Å². The molecule has 0 saturated heterocycles. The number of nitrogens with zero attached hydrogens (tertiary/aromatic N) is 1. The van der Waals surface area contributed by atoms with E-state index in [0.717, 1.165) is 12.1 Å². The summed E-state index contributed by atoms with van der Waals surface area (Å²) in [6.07, 6.45) is -4.31. The van der Waals surface area contributed by atoms with Gasteiger partial charge in [0, 0.05) is 12.3 Å². The van der Waals surface area contributed by atoms with Crippen molar-refractivity contribution >= 4 is 7.60 Å². The molecule has 0 fully saturated rings. The maximum absolute atomic E-state index is 12.4. The third kappa shape index (κ3) is 5.04. The van der Waals surface area contributed by atoms with E-state index in [0.29, 0.717) is 11.8 Å². The minimum atomic E-state index is -4.49. The van der Waals surface area contributed by atoms with Gasteiger partial charge in [-0.15, -0.1) is 0 Å². The topological polar surface area (TPSA) is 88.9 Å². The summed E-state index contributed by atoms with van der Waals surface area (Å²) in [7, 11) is -4.16. The molecule has 2 N–H and O–H groups in total. The van der Waals surface area contributed by atoms with Gasteiger partial charge in [-0.05, 0) is 23.8 Å². The van der Waals surface area contributed by atoms with Crippen LogP contribution in [0.5, 0.6) is 11.6 Å². The smallest absolute Gasteiger partial charge is 0.417 e. The molecule has 1 heterocycles. The molecule has 2 aromatic rings. The van der Waals surface area contributed by atoms with Gasteiger partial charge in [0.05, 0.1) is 11.7 Å². The SMILES string of the molecule is O=P(O)(Cc1cccc(Oc2ccc(C(F)(F)F)cn2)c1)OO. The second-order valence-corrected chi connectivity index (χ2v) is 6.26. The molecule has 124 valence electrons. The summed E-state index contributed by atoms with van der Waals surface area (Å²) in [4.78, 5) is 12.7. The van der Waals surface area contributed by atoms with E-state index in [-0.39, 0.29) is 11.6 Å². The third-order valence-electron chi connectivity index (χ3n) is 2.69. The van der Waals surface area contributed by atoms with Gasteiger partial charge in [0.2, 0.25) is 5.88 Å². The van der Waals surface area contributed by atoms with Gasteiger partial charge in [0.25, 0.3) is 0 Å². The van der Waals surface area contributed by atoms with E-state index in [1.165, 1.54) is 24.3 Å². The van der Waals surface area contributed by atoms with Crippen LogP contribution in [0.25, 0.3) is 0 Å². The monoisotopic (exact) mass is 349 g/mol. The lowest BCUT2D eigenvalue weighted by Gasteiger charge is -2.10. The van der Waals surface area contributed by atoms with E-state index in [4.69, 9.17) is 9.99 Å². The first-order valence-electron chi connectivity index (χ1n) is 6.15. The molecule has 1 unspecified atom stereocenters. The zero-order valence-corrected chi connectivity index (χ0v) is 12.3. The van der Waals surface area contributed by atoms with Gasteiger partial charge in [-0.3, -0.25) is 4.57 Å². The van der Waals surface area contributed by atoms with Crippen molar-refractivity contribution in [2.75, 3.05) is 0 Å². The fraction of sp³-hybridized carbons (Fsp3) is 0.154. The molecule has 0 aliphatic rings. The maximum atomic E-state index is 12.4. The molecule has 1 atom stereocenters. The van der Waals surface area contributed by atoms with Crippen LogP contribution in [0.15, 0.2) is 42.6 Å². The summed E-state index contributed by atoms with van der Waals surface area (Å²) in [6, 6.07) is 7.75.